The van der Waals surface area contributed by atoms with E-state index in [9.17, 15) is 4.79 Å². The van der Waals surface area contributed by atoms with Crippen LogP contribution in [0, 0.1) is 38.0 Å². The third kappa shape index (κ3) is 3.41. The van der Waals surface area contributed by atoms with Crippen LogP contribution in [0.1, 0.15) is 54.7 Å². The predicted molar refractivity (Wildman–Crippen MR) is 97.0 cm³/mol. The van der Waals surface area contributed by atoms with E-state index in [0.29, 0.717) is 23.1 Å². The Morgan fingerprint density at radius 3 is 2.64 bits per heavy atom. The van der Waals surface area contributed by atoms with Crippen molar-refractivity contribution in [3.05, 3.63) is 45.0 Å². The van der Waals surface area contributed by atoms with Crippen LogP contribution in [0.4, 0.5) is 11.5 Å². The molecule has 6 heteroatoms. The Kier molecular flexibility index (Phi) is 4.58. The van der Waals surface area contributed by atoms with Gasteiger partial charge in [0.15, 0.2) is 0 Å². The van der Waals surface area contributed by atoms with Crippen molar-refractivity contribution in [3.8, 4) is 6.07 Å². The third-order valence-corrected chi connectivity index (χ3v) is 4.78. The molecule has 0 spiro atoms. The zero-order valence-electron chi connectivity index (χ0n) is 15.1. The molecule has 0 aliphatic heterocycles. The van der Waals surface area contributed by atoms with Crippen LogP contribution in [-0.4, -0.2) is 14.8 Å². The molecule has 6 nitrogen and oxygen atoms in total. The molecule has 1 aromatic heterocycles. The van der Waals surface area contributed by atoms with Crippen LogP contribution in [-0.2, 0) is 0 Å². The molecule has 3 rings (SSSR count). The van der Waals surface area contributed by atoms with Gasteiger partial charge in [-0.15, -0.1) is 0 Å². The average molecular weight is 337 g/mol. The maximum Gasteiger partial charge on any atom is 0.310 e. The molecule has 1 unspecified atom stereocenters. The topological polar surface area (TPSA) is 83.6 Å². The van der Waals surface area contributed by atoms with Gasteiger partial charge in [0.25, 0.3) is 0 Å². The minimum absolute atomic E-state index is 0.138. The van der Waals surface area contributed by atoms with E-state index in [0.717, 1.165) is 36.1 Å². The Morgan fingerprint density at radius 1 is 1.32 bits per heavy atom. The molecule has 1 heterocycles. The summed E-state index contributed by atoms with van der Waals surface area (Å²) in [5.74, 6) is 1.41. The van der Waals surface area contributed by atoms with Crippen molar-refractivity contribution in [3.63, 3.8) is 0 Å². The largest absolute Gasteiger partial charge is 0.335 e. The number of anilines is 2. The van der Waals surface area contributed by atoms with Crippen LogP contribution in [0.2, 0.25) is 0 Å². The Bertz CT molecular complexity index is 905. The average Bonchev–Trinajstić information content (AvgIpc) is 3.40. The van der Waals surface area contributed by atoms with E-state index in [1.807, 2.05) is 26.0 Å². The minimum atomic E-state index is -0.189. The summed E-state index contributed by atoms with van der Waals surface area (Å²) < 4.78 is 1.61. The van der Waals surface area contributed by atoms with Crippen molar-refractivity contribution in [2.45, 2.75) is 53.0 Å². The number of aromatic nitrogens is 3. The Balaban J connectivity index is 2.01. The molecule has 130 valence electrons. The molecule has 1 aliphatic rings. The third-order valence-electron chi connectivity index (χ3n) is 4.78. The molecular formula is C19H23N5O. The van der Waals surface area contributed by atoms with Gasteiger partial charge in [-0.2, -0.15) is 10.4 Å². The normalized spacial score (nSPS) is 14.8. The van der Waals surface area contributed by atoms with Crippen LogP contribution < -0.4 is 10.9 Å². The fourth-order valence-electron chi connectivity index (χ4n) is 3.23. The van der Waals surface area contributed by atoms with Crippen molar-refractivity contribution < 1.29 is 0 Å². The van der Waals surface area contributed by atoms with Crippen LogP contribution >= 0.6 is 0 Å². The van der Waals surface area contributed by atoms with E-state index in [4.69, 9.17) is 5.26 Å². The molecule has 0 saturated heterocycles. The lowest BCUT2D eigenvalue weighted by atomic mass is 10.0. The van der Waals surface area contributed by atoms with Gasteiger partial charge in [-0.05, 0) is 69.2 Å². The molecule has 1 atom stereocenters. The zero-order valence-corrected chi connectivity index (χ0v) is 15.1. The minimum Gasteiger partial charge on any atom is -0.335 e. The second-order valence-electron chi connectivity index (χ2n) is 6.79. The first-order valence-electron chi connectivity index (χ1n) is 8.70. The zero-order chi connectivity index (χ0) is 18.1. The van der Waals surface area contributed by atoms with E-state index in [-0.39, 0.29) is 11.6 Å². The number of aryl methyl sites for hydroxylation is 3. The summed E-state index contributed by atoms with van der Waals surface area (Å²) in [6.45, 7) is 7.69. The number of benzene rings is 1. The van der Waals surface area contributed by atoms with Gasteiger partial charge in [0, 0.05) is 5.69 Å². The Morgan fingerprint density at radius 2 is 2.04 bits per heavy atom. The molecule has 0 amide bonds. The SMILES string of the molecule is CCC(C1CC1)n1nc(C)nc(Nc2cc(C)c(C#N)cc2C)c1=O. The van der Waals surface area contributed by atoms with Gasteiger partial charge in [0.1, 0.15) is 5.82 Å². The summed E-state index contributed by atoms with van der Waals surface area (Å²) in [5.41, 5.74) is 3.01. The molecule has 1 N–H and O–H groups in total. The number of nitrogens with zero attached hydrogens (tertiary/aromatic N) is 4. The summed E-state index contributed by atoms with van der Waals surface area (Å²) in [4.78, 5) is 17.2. The van der Waals surface area contributed by atoms with Crippen LogP contribution in [0.15, 0.2) is 16.9 Å². The fraction of sp³-hybridized carbons (Fsp3) is 0.474. The number of hydrogen-bond acceptors (Lipinski definition) is 5. The standard InChI is InChI=1S/C19H23N5O/c1-5-17(14-6-7-14)24-19(25)18(21-13(4)23-24)22-16-9-11(2)15(10-20)8-12(16)3/h8-9,14,17H,5-7H2,1-4H3,(H,21,22,23). The summed E-state index contributed by atoms with van der Waals surface area (Å²) in [7, 11) is 0. The van der Waals surface area contributed by atoms with Crippen molar-refractivity contribution in [1.82, 2.24) is 14.8 Å². The molecule has 0 radical (unpaired) electrons. The smallest absolute Gasteiger partial charge is 0.310 e. The summed E-state index contributed by atoms with van der Waals surface area (Å²) >= 11 is 0. The van der Waals surface area contributed by atoms with Crippen molar-refractivity contribution >= 4 is 11.5 Å². The van der Waals surface area contributed by atoms with Crippen molar-refractivity contribution in [2.75, 3.05) is 5.32 Å². The highest BCUT2D eigenvalue weighted by Gasteiger charge is 2.33. The highest BCUT2D eigenvalue weighted by molar-refractivity contribution is 5.63. The first-order valence-corrected chi connectivity index (χ1v) is 8.70. The highest BCUT2D eigenvalue weighted by atomic mass is 16.1. The van der Waals surface area contributed by atoms with Gasteiger partial charge in [-0.3, -0.25) is 4.79 Å². The first kappa shape index (κ1) is 17.2. The molecule has 0 bridgehead atoms. The number of nitriles is 1. The molecule has 1 aliphatic carbocycles. The first-order chi connectivity index (χ1) is 11.9. The molecule has 2 aromatic rings. The van der Waals surface area contributed by atoms with Crippen LogP contribution in [0.5, 0.6) is 0 Å². The molecule has 1 fully saturated rings. The second kappa shape index (κ2) is 6.67. The van der Waals surface area contributed by atoms with E-state index in [1.54, 1.807) is 11.6 Å². The van der Waals surface area contributed by atoms with Gasteiger partial charge >= 0.3 is 5.56 Å². The summed E-state index contributed by atoms with van der Waals surface area (Å²) in [6.07, 6.45) is 3.20. The highest BCUT2D eigenvalue weighted by Crippen LogP contribution is 2.40. The molecule has 25 heavy (non-hydrogen) atoms. The predicted octanol–water partition coefficient (Wildman–Crippen LogP) is 3.54. The Hall–Kier alpha value is -2.68. The number of rotatable bonds is 5. The molecular weight excluding hydrogens is 314 g/mol. The van der Waals surface area contributed by atoms with E-state index in [1.165, 1.54) is 0 Å². The van der Waals surface area contributed by atoms with E-state index >= 15 is 0 Å². The lowest BCUT2D eigenvalue weighted by molar-refractivity contribution is 0.371. The lowest BCUT2D eigenvalue weighted by Gasteiger charge is -2.18. The summed E-state index contributed by atoms with van der Waals surface area (Å²) in [5, 5.41) is 16.7. The quantitative estimate of drug-likeness (QED) is 0.902. The van der Waals surface area contributed by atoms with Gasteiger partial charge < -0.3 is 5.32 Å². The van der Waals surface area contributed by atoms with E-state index in [2.05, 4.69) is 28.4 Å². The lowest BCUT2D eigenvalue weighted by Crippen LogP contribution is -2.31. The monoisotopic (exact) mass is 337 g/mol. The van der Waals surface area contributed by atoms with Gasteiger partial charge in [0.05, 0.1) is 17.7 Å². The van der Waals surface area contributed by atoms with Crippen LogP contribution in [0.3, 0.4) is 0 Å². The maximum atomic E-state index is 12.9. The van der Waals surface area contributed by atoms with Crippen LogP contribution in [0.25, 0.3) is 0 Å². The van der Waals surface area contributed by atoms with Crippen molar-refractivity contribution in [1.29, 1.82) is 5.26 Å². The molecule has 1 aromatic carbocycles. The fourth-order valence-corrected chi connectivity index (χ4v) is 3.23. The maximum absolute atomic E-state index is 12.9. The second-order valence-corrected chi connectivity index (χ2v) is 6.79. The number of nitrogens with one attached hydrogen (secondary N) is 1. The molecule has 1 saturated carbocycles. The van der Waals surface area contributed by atoms with Crippen molar-refractivity contribution in [2.24, 2.45) is 5.92 Å². The van der Waals surface area contributed by atoms with Gasteiger partial charge in [0.2, 0.25) is 5.82 Å². The summed E-state index contributed by atoms with van der Waals surface area (Å²) in [6, 6.07) is 6.02. The number of hydrogen-bond donors (Lipinski definition) is 1. The van der Waals surface area contributed by atoms with Gasteiger partial charge in [-0.1, -0.05) is 6.92 Å². The Labute approximate surface area is 147 Å². The van der Waals surface area contributed by atoms with Gasteiger partial charge in [-0.25, -0.2) is 9.67 Å². The van der Waals surface area contributed by atoms with E-state index < -0.39 is 0 Å².